The molecule has 0 aromatic heterocycles. The molecule has 1 aliphatic rings. The van der Waals surface area contributed by atoms with Crippen LogP contribution in [0.25, 0.3) is 6.08 Å². The van der Waals surface area contributed by atoms with Gasteiger partial charge in [0.05, 0.1) is 12.0 Å². The van der Waals surface area contributed by atoms with Crippen LogP contribution in [-0.2, 0) is 16.1 Å². The fraction of sp³-hybridized carbons (Fsp3) is 0.0833. The van der Waals surface area contributed by atoms with Crippen LogP contribution in [0.2, 0.25) is 5.02 Å². The number of non-ortho nitro benzene ring substituents is 1. The van der Waals surface area contributed by atoms with Crippen molar-refractivity contribution in [2.45, 2.75) is 6.61 Å². The minimum absolute atomic E-state index is 0.0663. The largest absolute Gasteiger partial charge is 0.493 e. The van der Waals surface area contributed by atoms with E-state index in [-0.39, 0.29) is 23.9 Å². The number of benzene rings is 3. The molecule has 0 unspecified atom stereocenters. The van der Waals surface area contributed by atoms with Crippen molar-refractivity contribution >= 4 is 35.2 Å². The summed E-state index contributed by atoms with van der Waals surface area (Å²) in [6.07, 6.45) is 1.56. The molecule has 0 radical (unpaired) electrons. The Hall–Kier alpha value is -4.17. The maximum absolute atomic E-state index is 12.3. The number of cyclic esters (lactones) is 1. The zero-order valence-electron chi connectivity index (χ0n) is 17.4. The molecule has 0 bridgehead atoms. The molecule has 166 valence electrons. The molecule has 33 heavy (non-hydrogen) atoms. The lowest BCUT2D eigenvalue weighted by molar-refractivity contribution is -0.384. The molecule has 0 saturated carbocycles. The quantitative estimate of drug-likeness (QED) is 0.207. The topological polar surface area (TPSA) is 100 Å². The lowest BCUT2D eigenvalue weighted by Gasteiger charge is -2.12. The van der Waals surface area contributed by atoms with Gasteiger partial charge >= 0.3 is 5.97 Å². The summed E-state index contributed by atoms with van der Waals surface area (Å²) >= 11 is 6.17. The third-order valence-electron chi connectivity index (χ3n) is 4.78. The molecule has 1 heterocycles. The maximum Gasteiger partial charge on any atom is 0.363 e. The Balaban J connectivity index is 1.53. The van der Waals surface area contributed by atoms with Crippen molar-refractivity contribution in [2.75, 3.05) is 7.11 Å². The second kappa shape index (κ2) is 9.54. The summed E-state index contributed by atoms with van der Waals surface area (Å²) in [5, 5.41) is 11.4. The first-order valence-electron chi connectivity index (χ1n) is 9.76. The van der Waals surface area contributed by atoms with Gasteiger partial charge in [0.15, 0.2) is 17.2 Å². The third-order valence-corrected chi connectivity index (χ3v) is 5.15. The number of nitrogens with zero attached hydrogens (tertiary/aromatic N) is 2. The molecule has 3 aromatic rings. The van der Waals surface area contributed by atoms with E-state index in [1.807, 2.05) is 18.2 Å². The van der Waals surface area contributed by atoms with Crippen LogP contribution in [0.5, 0.6) is 11.5 Å². The highest BCUT2D eigenvalue weighted by atomic mass is 35.5. The van der Waals surface area contributed by atoms with E-state index in [1.54, 1.807) is 30.3 Å². The minimum Gasteiger partial charge on any atom is -0.493 e. The Morgan fingerprint density at radius 2 is 1.85 bits per heavy atom. The Bertz CT molecular complexity index is 1280. The lowest BCUT2D eigenvalue weighted by Crippen LogP contribution is -2.05. The fourth-order valence-corrected chi connectivity index (χ4v) is 3.27. The van der Waals surface area contributed by atoms with Gasteiger partial charge in [0.25, 0.3) is 5.69 Å². The van der Waals surface area contributed by atoms with Crippen molar-refractivity contribution < 1.29 is 23.9 Å². The average molecular weight is 465 g/mol. The summed E-state index contributed by atoms with van der Waals surface area (Å²) in [5.41, 5.74) is 1.98. The molecule has 9 heteroatoms. The standard InChI is InChI=1S/C24H17ClN2O6/c1-31-22-13-15(6-11-21(22)32-14-17-4-2-3-5-19(17)25)12-20-24(28)33-23(26-20)16-7-9-18(10-8-16)27(29)30/h2-13H,14H2,1H3/b20-12-. The van der Waals surface area contributed by atoms with Crippen LogP contribution in [0.4, 0.5) is 5.69 Å². The van der Waals surface area contributed by atoms with E-state index in [0.717, 1.165) is 5.56 Å². The second-order valence-corrected chi connectivity index (χ2v) is 7.34. The molecule has 4 rings (SSSR count). The second-order valence-electron chi connectivity index (χ2n) is 6.93. The Labute approximate surface area is 193 Å². The van der Waals surface area contributed by atoms with Gasteiger partial charge in [-0.2, -0.15) is 0 Å². The van der Waals surface area contributed by atoms with Crippen LogP contribution in [0.15, 0.2) is 77.4 Å². The molecule has 0 aliphatic carbocycles. The van der Waals surface area contributed by atoms with Gasteiger partial charge in [-0.3, -0.25) is 10.1 Å². The fourth-order valence-electron chi connectivity index (χ4n) is 3.08. The Kier molecular flexibility index (Phi) is 6.37. The highest BCUT2D eigenvalue weighted by Crippen LogP contribution is 2.31. The minimum atomic E-state index is -0.624. The van der Waals surface area contributed by atoms with E-state index >= 15 is 0 Å². The zero-order valence-corrected chi connectivity index (χ0v) is 18.1. The van der Waals surface area contributed by atoms with E-state index in [4.69, 9.17) is 25.8 Å². The third kappa shape index (κ3) is 5.02. The van der Waals surface area contributed by atoms with Crippen LogP contribution < -0.4 is 9.47 Å². The predicted octanol–water partition coefficient (Wildman–Crippen LogP) is 5.18. The molecular weight excluding hydrogens is 448 g/mol. The maximum atomic E-state index is 12.3. The van der Waals surface area contributed by atoms with Crippen molar-refractivity contribution in [1.82, 2.24) is 0 Å². The number of nitro benzene ring substituents is 1. The van der Waals surface area contributed by atoms with Crippen molar-refractivity contribution in [1.29, 1.82) is 0 Å². The summed E-state index contributed by atoms with van der Waals surface area (Å²) in [4.78, 5) is 26.8. The summed E-state index contributed by atoms with van der Waals surface area (Å²) in [6.45, 7) is 0.270. The van der Waals surface area contributed by atoms with Crippen molar-refractivity contribution in [3.63, 3.8) is 0 Å². The number of carbonyl (C=O) groups is 1. The van der Waals surface area contributed by atoms with E-state index < -0.39 is 10.9 Å². The van der Waals surface area contributed by atoms with Crippen molar-refractivity contribution in [2.24, 2.45) is 4.99 Å². The Morgan fingerprint density at radius 3 is 2.55 bits per heavy atom. The van der Waals surface area contributed by atoms with Crippen LogP contribution >= 0.6 is 11.6 Å². The summed E-state index contributed by atoms with van der Waals surface area (Å²) < 4.78 is 16.5. The van der Waals surface area contributed by atoms with Gasteiger partial charge < -0.3 is 14.2 Å². The van der Waals surface area contributed by atoms with E-state index in [2.05, 4.69) is 4.99 Å². The SMILES string of the molecule is COc1cc(/C=C2\N=C(c3ccc([N+](=O)[O-])cc3)OC2=O)ccc1OCc1ccccc1Cl. The van der Waals surface area contributed by atoms with Crippen LogP contribution in [0, 0.1) is 10.1 Å². The number of halogens is 1. The van der Waals surface area contributed by atoms with Gasteiger partial charge in [-0.25, -0.2) is 9.79 Å². The molecule has 0 fully saturated rings. The highest BCUT2D eigenvalue weighted by molar-refractivity contribution is 6.31. The predicted molar refractivity (Wildman–Crippen MR) is 122 cm³/mol. The number of hydrogen-bond donors (Lipinski definition) is 0. The number of carbonyl (C=O) groups excluding carboxylic acids is 1. The van der Waals surface area contributed by atoms with E-state index in [1.165, 1.54) is 31.4 Å². The zero-order chi connectivity index (χ0) is 23.4. The number of ether oxygens (including phenoxy) is 3. The van der Waals surface area contributed by atoms with Crippen molar-refractivity contribution in [3.05, 3.63) is 104 Å². The molecule has 0 saturated heterocycles. The highest BCUT2D eigenvalue weighted by Gasteiger charge is 2.24. The van der Waals surface area contributed by atoms with Crippen LogP contribution in [-0.4, -0.2) is 23.9 Å². The van der Waals surface area contributed by atoms with Crippen molar-refractivity contribution in [3.8, 4) is 11.5 Å². The lowest BCUT2D eigenvalue weighted by atomic mass is 10.1. The smallest absolute Gasteiger partial charge is 0.363 e. The molecule has 8 nitrogen and oxygen atoms in total. The summed E-state index contributed by atoms with van der Waals surface area (Å²) in [6, 6.07) is 18.2. The monoisotopic (exact) mass is 464 g/mol. The first kappa shape index (κ1) is 22.0. The molecule has 0 atom stereocenters. The van der Waals surface area contributed by atoms with E-state index in [0.29, 0.717) is 27.6 Å². The molecule has 3 aromatic carbocycles. The molecule has 0 N–H and O–H groups in total. The van der Waals surface area contributed by atoms with Gasteiger partial charge in [0.2, 0.25) is 5.90 Å². The van der Waals surface area contributed by atoms with Gasteiger partial charge in [-0.15, -0.1) is 0 Å². The average Bonchev–Trinajstić information content (AvgIpc) is 3.19. The van der Waals surface area contributed by atoms with Gasteiger partial charge in [0, 0.05) is 28.3 Å². The van der Waals surface area contributed by atoms with Gasteiger partial charge in [-0.1, -0.05) is 35.9 Å². The molecule has 0 spiro atoms. The first-order chi connectivity index (χ1) is 15.9. The Morgan fingerprint density at radius 1 is 1.09 bits per heavy atom. The molecule has 1 aliphatic heterocycles. The van der Waals surface area contributed by atoms with Gasteiger partial charge in [0.1, 0.15) is 6.61 Å². The number of esters is 1. The van der Waals surface area contributed by atoms with E-state index in [9.17, 15) is 14.9 Å². The molecular formula is C24H17ClN2O6. The number of hydrogen-bond acceptors (Lipinski definition) is 7. The van der Waals surface area contributed by atoms with Gasteiger partial charge in [-0.05, 0) is 42.0 Å². The number of aliphatic imine (C=N–C) groups is 1. The number of nitro groups is 1. The normalized spacial score (nSPS) is 14.1. The summed E-state index contributed by atoms with van der Waals surface area (Å²) in [5.74, 6) is 0.445. The number of methoxy groups -OCH3 is 1. The van der Waals surface area contributed by atoms with Crippen LogP contribution in [0.1, 0.15) is 16.7 Å². The number of rotatable bonds is 7. The summed E-state index contributed by atoms with van der Waals surface area (Å²) in [7, 11) is 1.52. The van der Waals surface area contributed by atoms with Crippen LogP contribution in [0.3, 0.4) is 0 Å². The molecule has 0 amide bonds. The first-order valence-corrected chi connectivity index (χ1v) is 10.1.